The van der Waals surface area contributed by atoms with Crippen molar-refractivity contribution in [3.63, 3.8) is 0 Å². The number of rotatable bonds is 35. The van der Waals surface area contributed by atoms with Gasteiger partial charge < -0.3 is 82.5 Å². The van der Waals surface area contributed by atoms with Crippen LogP contribution in [0.4, 0.5) is 0 Å². The van der Waals surface area contributed by atoms with E-state index in [2.05, 4.69) is 21.3 Å². The fourth-order valence-electron chi connectivity index (χ4n) is 11.9. The van der Waals surface area contributed by atoms with Crippen molar-refractivity contribution in [1.82, 2.24) is 21.3 Å². The minimum Gasteiger partial charge on any atom is -0.507 e. The number of hydrogen-bond acceptors (Lipinski definition) is 16. The van der Waals surface area contributed by atoms with Gasteiger partial charge in [-0.3, -0.25) is 0 Å². The molecule has 16 N–H and O–H groups in total. The Bertz CT molecular complexity index is 3490. The van der Waals surface area contributed by atoms with Crippen LogP contribution in [0.3, 0.4) is 0 Å². The molecule has 3 unspecified atom stereocenters. The molecule has 8 aromatic rings. The topological polar surface area (TPSA) is 291 Å². The first kappa shape index (κ1) is 77.4. The molecule has 16 nitrogen and oxygen atoms in total. The minimum atomic E-state index is -1.00. The number of benzene rings is 8. The van der Waals surface area contributed by atoms with Crippen LogP contribution in [-0.2, 0) is 58.8 Å². The highest BCUT2D eigenvalue weighted by Gasteiger charge is 2.35. The van der Waals surface area contributed by atoms with Gasteiger partial charge in [-0.25, -0.2) is 0 Å². The van der Waals surface area contributed by atoms with Crippen molar-refractivity contribution in [2.45, 2.75) is 128 Å². The first-order valence-corrected chi connectivity index (χ1v) is 30.6. The minimum absolute atomic E-state index is 0. The third-order valence-corrected chi connectivity index (χ3v) is 16.6. The number of unbranched alkanes of at least 4 members (excludes halogenated alkanes) is 1. The summed E-state index contributed by atoms with van der Waals surface area (Å²) in [5, 5.41) is 155. The second kappa shape index (κ2) is 39.5. The third kappa shape index (κ3) is 20.0. The fraction of sp³-hybridized carbons (Fsp3) is 0.333. The van der Waals surface area contributed by atoms with E-state index in [0.717, 1.165) is 22.3 Å². The molecule has 0 aromatic heterocycles. The van der Waals surface area contributed by atoms with Crippen LogP contribution in [0.15, 0.2) is 152 Å². The van der Waals surface area contributed by atoms with Crippen molar-refractivity contribution >= 4 is 49.6 Å². The summed E-state index contributed by atoms with van der Waals surface area (Å²) in [6.07, 6.45) is 2.29. The number of phenolic OH excluding ortho intramolecular Hbond substituents is 8. The lowest BCUT2D eigenvalue weighted by Gasteiger charge is -2.30. The Kier molecular flexibility index (Phi) is 33.3. The van der Waals surface area contributed by atoms with E-state index < -0.39 is 17.8 Å². The summed E-state index contributed by atoms with van der Waals surface area (Å²) in [7, 11) is 0. The Morgan fingerprint density at radius 3 is 0.880 bits per heavy atom. The van der Waals surface area contributed by atoms with Gasteiger partial charge in [-0.1, -0.05) is 127 Å². The van der Waals surface area contributed by atoms with Gasteiger partial charge in [0.25, 0.3) is 0 Å². The smallest absolute Gasteiger partial charge is 0.127 e. The number of aliphatic hydroxyl groups is 4. The quantitative estimate of drug-likeness (QED) is 0.0164. The molecule has 0 spiro atoms. The van der Waals surface area contributed by atoms with Crippen molar-refractivity contribution in [2.75, 3.05) is 26.4 Å². The molecule has 0 aliphatic rings. The largest absolute Gasteiger partial charge is 0.507 e. The summed E-state index contributed by atoms with van der Waals surface area (Å²) >= 11 is 0. The van der Waals surface area contributed by atoms with Crippen molar-refractivity contribution in [3.05, 3.63) is 235 Å². The molecule has 0 heterocycles. The van der Waals surface area contributed by atoms with E-state index in [-0.39, 0.29) is 231 Å². The first-order valence-electron chi connectivity index (χ1n) is 30.6. The van der Waals surface area contributed by atoms with E-state index in [9.17, 15) is 61.3 Å². The Morgan fingerprint density at radius 2 is 0.554 bits per heavy atom. The highest BCUT2D eigenvalue weighted by molar-refractivity contribution is 5.86. The van der Waals surface area contributed by atoms with Gasteiger partial charge in [-0.05, 0) is 110 Å². The first-order chi connectivity index (χ1) is 42.9. The lowest BCUT2D eigenvalue weighted by atomic mass is 9.77. The summed E-state index contributed by atoms with van der Waals surface area (Å²) in [6, 6.07) is 46.6. The predicted molar refractivity (Wildman–Crippen MR) is 371 cm³/mol. The summed E-state index contributed by atoms with van der Waals surface area (Å²) in [5.74, 6) is -4.76. The van der Waals surface area contributed by atoms with E-state index in [4.69, 9.17) is 0 Å². The fourth-order valence-corrected chi connectivity index (χ4v) is 11.9. The number of aliphatic hydroxyl groups excluding tert-OH is 4. The number of aryl methyl sites for hydroxylation is 1. The number of nitrogens with one attached hydrogen (secondary N) is 4. The van der Waals surface area contributed by atoms with Crippen molar-refractivity contribution in [2.24, 2.45) is 0 Å². The molecule has 0 saturated heterocycles. The number of aromatic hydroxyl groups is 8. The van der Waals surface area contributed by atoms with E-state index in [1.807, 2.05) is 121 Å². The van der Waals surface area contributed by atoms with Crippen molar-refractivity contribution in [1.29, 1.82) is 0 Å². The lowest BCUT2D eigenvalue weighted by Crippen LogP contribution is -2.17. The molecule has 0 saturated carbocycles. The van der Waals surface area contributed by atoms with Gasteiger partial charge in [-0.2, -0.15) is 0 Å². The second-order valence-electron chi connectivity index (χ2n) is 22.6. The average Bonchev–Trinajstić information content (AvgIpc) is 0.757. The van der Waals surface area contributed by atoms with Crippen LogP contribution in [0, 0.1) is 0 Å². The zero-order valence-electron chi connectivity index (χ0n) is 51.5. The molecule has 8 rings (SSSR count). The summed E-state index contributed by atoms with van der Waals surface area (Å²) in [6.45, 7) is 0.617. The van der Waals surface area contributed by atoms with Crippen molar-refractivity contribution < 1.29 is 61.3 Å². The van der Waals surface area contributed by atoms with Crippen LogP contribution >= 0.6 is 49.6 Å². The van der Waals surface area contributed by atoms with Crippen LogP contribution in [0.5, 0.6) is 46.0 Å². The normalized spacial score (nSPS) is 12.0. The lowest BCUT2D eigenvalue weighted by molar-refractivity contribution is 0.280. The number of phenols is 8. The van der Waals surface area contributed by atoms with E-state index in [1.54, 1.807) is 24.3 Å². The summed E-state index contributed by atoms with van der Waals surface area (Å²) in [4.78, 5) is 0. The van der Waals surface area contributed by atoms with Crippen LogP contribution < -0.4 is 21.3 Å². The van der Waals surface area contributed by atoms with Crippen LogP contribution in [0.1, 0.15) is 153 Å². The van der Waals surface area contributed by atoms with Gasteiger partial charge in [0.2, 0.25) is 0 Å². The molecule has 20 heteroatoms. The van der Waals surface area contributed by atoms with Gasteiger partial charge in [0.15, 0.2) is 0 Å². The molecule has 92 heavy (non-hydrogen) atoms. The molecule has 0 aliphatic heterocycles. The maximum atomic E-state index is 13.0. The summed E-state index contributed by atoms with van der Waals surface area (Å²) in [5.41, 5.74) is 6.55. The molecule has 3 atom stereocenters. The number of halogens is 4. The molecule has 0 amide bonds. The third-order valence-electron chi connectivity index (χ3n) is 16.6. The maximum Gasteiger partial charge on any atom is 0.127 e. The standard InChI is InChI=1S/C72H86N4O12.4ClH/c77-32-14-13-26-51-36-56(68(84)62(66(51)82)44-74-40-48-20-7-2-8-21-48)53(28-16-34-79)58-38-60(72(88)64(70(58)86)46-76-42-50-24-11-4-12-25-50)54(29-17-35-80)59-37-57(69(85)63(71(59)87)45-75-41-49-22-9-3-10-23-49)52(27-15-33-78)55-30-31-65(81)61(67(55)83)43-73-39-47-18-5-1-6-19-47;;;;/h1-12,18-25,30-31,36-38,52-54,73-88H,13-17,26-29,32-35,39-46H2;4*1H. The highest BCUT2D eigenvalue weighted by Crippen LogP contribution is 2.53. The highest BCUT2D eigenvalue weighted by atomic mass is 35.5. The Morgan fingerprint density at radius 1 is 0.272 bits per heavy atom. The van der Waals surface area contributed by atoms with Gasteiger partial charge in [0, 0.05) is 141 Å². The molecule has 8 aromatic carbocycles. The molecular weight excluding hydrogens is 1250 g/mol. The Labute approximate surface area is 564 Å². The summed E-state index contributed by atoms with van der Waals surface area (Å²) < 4.78 is 0. The van der Waals surface area contributed by atoms with E-state index in [0.29, 0.717) is 62.1 Å². The van der Waals surface area contributed by atoms with Crippen molar-refractivity contribution in [3.8, 4) is 46.0 Å². The van der Waals surface area contributed by atoms with E-state index in [1.165, 1.54) is 6.07 Å². The van der Waals surface area contributed by atoms with E-state index >= 15 is 0 Å². The Balaban J connectivity index is 0.00000451. The monoisotopic (exact) mass is 1340 g/mol. The molecular formula is C72H90Cl4N4O12. The van der Waals surface area contributed by atoms with Crippen LogP contribution in [0.25, 0.3) is 0 Å². The average molecular weight is 1350 g/mol. The molecule has 0 fully saturated rings. The van der Waals surface area contributed by atoms with Crippen LogP contribution in [0.2, 0.25) is 0 Å². The maximum absolute atomic E-state index is 13.0. The van der Waals surface area contributed by atoms with Crippen LogP contribution in [-0.4, -0.2) is 87.7 Å². The van der Waals surface area contributed by atoms with Gasteiger partial charge in [0.05, 0.1) is 11.1 Å². The molecule has 0 radical (unpaired) electrons. The van der Waals surface area contributed by atoms with Gasteiger partial charge in [0.1, 0.15) is 46.0 Å². The predicted octanol–water partition coefficient (Wildman–Crippen LogP) is 12.2. The Hall–Kier alpha value is -7.00. The second-order valence-corrected chi connectivity index (χ2v) is 22.6. The van der Waals surface area contributed by atoms with Gasteiger partial charge >= 0.3 is 0 Å². The number of hydrogen-bond donors (Lipinski definition) is 16. The molecule has 0 bridgehead atoms. The zero-order valence-corrected chi connectivity index (χ0v) is 54.8. The van der Waals surface area contributed by atoms with Gasteiger partial charge in [-0.15, -0.1) is 49.6 Å². The zero-order chi connectivity index (χ0) is 62.4. The molecule has 498 valence electrons. The SMILES string of the molecule is Cl.Cl.Cl.Cl.OCCCCc1cc(C(CCCO)c2cc(C(CCCO)c3cc(C(CCCO)c4ccc(O)c(CNCc5ccccc5)c4O)c(O)c(CNCc4ccccc4)c3O)c(O)c(CNCc3ccccc3)c2O)c(O)c(CNCc2ccccc2)c1O. The molecule has 0 aliphatic carbocycles.